The molecule has 0 radical (unpaired) electrons. The van der Waals surface area contributed by atoms with Crippen LogP contribution in [0.5, 0.6) is 0 Å². The van der Waals surface area contributed by atoms with Crippen molar-refractivity contribution in [1.82, 2.24) is 0 Å². The Morgan fingerprint density at radius 1 is 1.10 bits per heavy atom. The predicted octanol–water partition coefficient (Wildman–Crippen LogP) is 4.94. The highest BCUT2D eigenvalue weighted by atomic mass is 79.9. The lowest BCUT2D eigenvalue weighted by Crippen LogP contribution is -2.06. The number of nitrogens with one attached hydrogen (secondary N) is 1. The molecule has 0 saturated carbocycles. The Bertz CT molecular complexity index is 686. The van der Waals surface area contributed by atoms with Gasteiger partial charge in [-0.1, -0.05) is 28.1 Å². The molecule has 2 aromatic rings. The van der Waals surface area contributed by atoms with Gasteiger partial charge in [0.15, 0.2) is 0 Å². The third-order valence-corrected chi connectivity index (χ3v) is 4.16. The van der Waals surface area contributed by atoms with Crippen molar-refractivity contribution in [3.05, 3.63) is 57.6 Å². The molecular weight excluding hydrogens is 312 g/mol. The number of aryl methyl sites for hydroxylation is 1. The lowest BCUT2D eigenvalue weighted by molar-refractivity contribution is 0.687. The Morgan fingerprint density at radius 2 is 1.95 bits per heavy atom. The number of nitriles is 1. The van der Waals surface area contributed by atoms with E-state index in [1.54, 1.807) is 0 Å². The number of hydrogen-bond donors (Lipinski definition) is 1. The molecule has 3 rings (SSSR count). The topological polar surface area (TPSA) is 35.8 Å². The maximum atomic E-state index is 9.05. The molecule has 1 N–H and O–H groups in total. The maximum Gasteiger partial charge on any atom is 0.0992 e. The maximum absolute atomic E-state index is 9.05. The van der Waals surface area contributed by atoms with Gasteiger partial charge in [0.1, 0.15) is 0 Å². The van der Waals surface area contributed by atoms with Crippen molar-refractivity contribution in [2.45, 2.75) is 25.7 Å². The Balaban J connectivity index is 1.96. The van der Waals surface area contributed by atoms with E-state index < -0.39 is 0 Å². The first-order valence-electron chi connectivity index (χ1n) is 6.85. The molecule has 1 aliphatic rings. The summed E-state index contributed by atoms with van der Waals surface area (Å²) in [7, 11) is 0. The molecule has 0 aromatic heterocycles. The summed E-state index contributed by atoms with van der Waals surface area (Å²) in [5, 5.41) is 12.5. The fourth-order valence-corrected chi connectivity index (χ4v) is 3.27. The van der Waals surface area contributed by atoms with Crippen molar-refractivity contribution in [2.75, 3.05) is 5.32 Å². The fraction of sp³-hybridized carbons (Fsp3) is 0.235. The molecule has 0 amide bonds. The summed E-state index contributed by atoms with van der Waals surface area (Å²) in [6.07, 6.45) is 4.85. The van der Waals surface area contributed by atoms with Gasteiger partial charge in [0, 0.05) is 15.8 Å². The smallest absolute Gasteiger partial charge is 0.0992 e. The standard InChI is InChI=1S/C17H15BrN2/c18-14-8-12(11-19)9-15(10-14)20-17-7-3-5-13-4-1-2-6-16(13)17/h3,5,7-10,20H,1-2,4,6H2. The van der Waals surface area contributed by atoms with Gasteiger partial charge in [0.25, 0.3) is 0 Å². The van der Waals surface area contributed by atoms with E-state index in [2.05, 4.69) is 45.5 Å². The Kier molecular flexibility index (Phi) is 3.75. The van der Waals surface area contributed by atoms with Crippen LogP contribution in [-0.4, -0.2) is 0 Å². The highest BCUT2D eigenvalue weighted by molar-refractivity contribution is 9.10. The molecule has 0 fully saturated rings. The van der Waals surface area contributed by atoms with Gasteiger partial charge in [-0.3, -0.25) is 0 Å². The van der Waals surface area contributed by atoms with Crippen LogP contribution in [0.2, 0.25) is 0 Å². The molecule has 0 saturated heterocycles. The summed E-state index contributed by atoms with van der Waals surface area (Å²) < 4.78 is 0.920. The first-order chi connectivity index (χ1) is 9.76. The molecule has 2 nitrogen and oxygen atoms in total. The van der Waals surface area contributed by atoms with E-state index in [1.165, 1.54) is 36.1 Å². The Morgan fingerprint density at radius 3 is 2.80 bits per heavy atom. The van der Waals surface area contributed by atoms with Gasteiger partial charge < -0.3 is 5.32 Å². The summed E-state index contributed by atoms with van der Waals surface area (Å²) in [6.45, 7) is 0. The van der Waals surface area contributed by atoms with Crippen LogP contribution >= 0.6 is 15.9 Å². The highest BCUT2D eigenvalue weighted by Crippen LogP contribution is 2.31. The molecule has 0 atom stereocenters. The monoisotopic (exact) mass is 326 g/mol. The average Bonchev–Trinajstić information content (AvgIpc) is 2.47. The molecule has 0 unspecified atom stereocenters. The molecule has 0 heterocycles. The molecule has 1 aliphatic carbocycles. The minimum atomic E-state index is 0.659. The van der Waals surface area contributed by atoms with E-state index in [4.69, 9.17) is 5.26 Å². The van der Waals surface area contributed by atoms with E-state index in [0.29, 0.717) is 5.56 Å². The molecule has 20 heavy (non-hydrogen) atoms. The quantitative estimate of drug-likeness (QED) is 0.848. The van der Waals surface area contributed by atoms with Crippen LogP contribution in [0.4, 0.5) is 11.4 Å². The molecule has 3 heteroatoms. The SMILES string of the molecule is N#Cc1cc(Br)cc(Nc2cccc3c2CCCC3)c1. The number of rotatable bonds is 2. The largest absolute Gasteiger partial charge is 0.355 e. The number of fused-ring (bicyclic) bond motifs is 1. The average molecular weight is 327 g/mol. The third kappa shape index (κ3) is 2.71. The van der Waals surface area contributed by atoms with Crippen molar-refractivity contribution in [2.24, 2.45) is 0 Å². The number of nitrogens with zero attached hydrogens (tertiary/aromatic N) is 1. The second-order valence-corrected chi connectivity index (χ2v) is 6.03. The first kappa shape index (κ1) is 13.2. The van der Waals surface area contributed by atoms with Crippen molar-refractivity contribution >= 4 is 27.3 Å². The van der Waals surface area contributed by atoms with Gasteiger partial charge >= 0.3 is 0 Å². The van der Waals surface area contributed by atoms with E-state index in [0.717, 1.165) is 16.6 Å². The first-order valence-corrected chi connectivity index (χ1v) is 7.64. The van der Waals surface area contributed by atoms with Crippen molar-refractivity contribution < 1.29 is 0 Å². The molecule has 0 spiro atoms. The summed E-state index contributed by atoms with van der Waals surface area (Å²) in [6, 6.07) is 14.3. The molecule has 0 bridgehead atoms. The van der Waals surface area contributed by atoms with E-state index in [1.807, 2.05) is 18.2 Å². The minimum Gasteiger partial charge on any atom is -0.355 e. The summed E-state index contributed by atoms with van der Waals surface area (Å²) in [5.41, 5.74) is 5.67. The lowest BCUT2D eigenvalue weighted by atomic mass is 9.90. The number of hydrogen-bond acceptors (Lipinski definition) is 2. The van der Waals surface area contributed by atoms with E-state index in [9.17, 15) is 0 Å². The van der Waals surface area contributed by atoms with Gasteiger partial charge in [-0.25, -0.2) is 0 Å². The van der Waals surface area contributed by atoms with Crippen LogP contribution in [0, 0.1) is 11.3 Å². The van der Waals surface area contributed by atoms with E-state index in [-0.39, 0.29) is 0 Å². The molecule has 100 valence electrons. The summed E-state index contributed by atoms with van der Waals surface area (Å²) in [4.78, 5) is 0. The zero-order chi connectivity index (χ0) is 13.9. The van der Waals surface area contributed by atoms with Gasteiger partial charge in [-0.2, -0.15) is 5.26 Å². The zero-order valence-electron chi connectivity index (χ0n) is 11.1. The van der Waals surface area contributed by atoms with Crippen LogP contribution in [-0.2, 0) is 12.8 Å². The summed E-state index contributed by atoms with van der Waals surface area (Å²) in [5.74, 6) is 0. The minimum absolute atomic E-state index is 0.659. The van der Waals surface area contributed by atoms with E-state index >= 15 is 0 Å². The van der Waals surface area contributed by atoms with Gasteiger partial charge in [-0.05, 0) is 61.1 Å². The number of halogens is 1. The van der Waals surface area contributed by atoms with Gasteiger partial charge in [0.05, 0.1) is 11.6 Å². The second kappa shape index (κ2) is 5.68. The highest BCUT2D eigenvalue weighted by Gasteiger charge is 2.13. The van der Waals surface area contributed by atoms with Crippen LogP contribution in [0.15, 0.2) is 40.9 Å². The van der Waals surface area contributed by atoms with Crippen LogP contribution in [0.25, 0.3) is 0 Å². The molecular formula is C17H15BrN2. The fourth-order valence-electron chi connectivity index (χ4n) is 2.78. The third-order valence-electron chi connectivity index (χ3n) is 3.70. The molecule has 0 aliphatic heterocycles. The van der Waals surface area contributed by atoms with Gasteiger partial charge in [0.2, 0.25) is 0 Å². The lowest BCUT2D eigenvalue weighted by Gasteiger charge is -2.20. The van der Waals surface area contributed by atoms with Gasteiger partial charge in [-0.15, -0.1) is 0 Å². The van der Waals surface area contributed by atoms with Crippen molar-refractivity contribution in [3.8, 4) is 6.07 Å². The van der Waals surface area contributed by atoms with Crippen LogP contribution in [0.3, 0.4) is 0 Å². The van der Waals surface area contributed by atoms with Crippen LogP contribution in [0.1, 0.15) is 29.5 Å². The number of benzene rings is 2. The van der Waals surface area contributed by atoms with Crippen LogP contribution < -0.4 is 5.32 Å². The normalized spacial score (nSPS) is 13.4. The second-order valence-electron chi connectivity index (χ2n) is 5.12. The Hall–Kier alpha value is -1.79. The van der Waals surface area contributed by atoms with Crippen molar-refractivity contribution in [3.63, 3.8) is 0 Å². The number of anilines is 2. The zero-order valence-corrected chi connectivity index (χ0v) is 12.7. The predicted molar refractivity (Wildman–Crippen MR) is 85.2 cm³/mol. The summed E-state index contributed by atoms with van der Waals surface area (Å²) >= 11 is 3.45. The molecule has 2 aromatic carbocycles. The Labute approximate surface area is 127 Å². The van der Waals surface area contributed by atoms with Crippen molar-refractivity contribution in [1.29, 1.82) is 5.26 Å².